The molecule has 0 radical (unpaired) electrons. The van der Waals surface area contributed by atoms with Crippen LogP contribution in [-0.4, -0.2) is 87.3 Å². The minimum atomic E-state index is 0.106. The molecule has 0 N–H and O–H groups in total. The van der Waals surface area contributed by atoms with Crippen LogP contribution in [0, 0.1) is 11.3 Å². The SMILES string of the molecule is CN1CCN(C2CCN(C(=O)c3ccc(-c4cn5c(-c6ccc(C#N)cc6)cnc5cn4)cc3)CC2)CC1. The molecule has 2 aliphatic heterocycles. The fraction of sp³-hybridized carbons (Fsp3) is 0.333. The lowest BCUT2D eigenvalue weighted by atomic mass is 10.0. The van der Waals surface area contributed by atoms with Crippen molar-refractivity contribution in [3.8, 4) is 28.6 Å². The van der Waals surface area contributed by atoms with Crippen molar-refractivity contribution in [2.45, 2.75) is 18.9 Å². The van der Waals surface area contributed by atoms with Gasteiger partial charge >= 0.3 is 0 Å². The Morgan fingerprint density at radius 3 is 2.24 bits per heavy atom. The van der Waals surface area contributed by atoms with Gasteiger partial charge in [0.25, 0.3) is 5.91 Å². The second-order valence-electron chi connectivity index (χ2n) is 10.3. The molecule has 0 atom stereocenters. The first kappa shape index (κ1) is 24.3. The fourth-order valence-electron chi connectivity index (χ4n) is 5.55. The highest BCUT2D eigenvalue weighted by Gasteiger charge is 2.28. The molecule has 0 bridgehead atoms. The largest absolute Gasteiger partial charge is 0.339 e. The van der Waals surface area contributed by atoms with E-state index in [4.69, 9.17) is 5.26 Å². The van der Waals surface area contributed by atoms with Gasteiger partial charge in [0.1, 0.15) is 0 Å². The maximum Gasteiger partial charge on any atom is 0.253 e. The molecule has 0 saturated carbocycles. The lowest BCUT2D eigenvalue weighted by Crippen LogP contribution is -2.52. The molecular weight excluding hydrogens is 474 g/mol. The van der Waals surface area contributed by atoms with Crippen molar-refractivity contribution >= 4 is 11.6 Å². The number of piperazine rings is 1. The van der Waals surface area contributed by atoms with E-state index < -0.39 is 0 Å². The Labute approximate surface area is 222 Å². The van der Waals surface area contributed by atoms with Crippen molar-refractivity contribution < 1.29 is 4.79 Å². The number of aromatic nitrogens is 3. The van der Waals surface area contributed by atoms with Crippen LogP contribution in [0.15, 0.2) is 67.1 Å². The number of piperidine rings is 1. The molecule has 192 valence electrons. The number of benzene rings is 2. The standard InChI is InChI=1S/C30H31N7O/c1-34-14-16-35(17-15-34)26-10-12-36(13-11-26)30(38)25-8-6-23(7-9-25)27-21-37-28(19-33-29(37)20-32-27)24-4-2-22(18-31)3-5-24/h2-9,19-21,26H,10-17H2,1H3. The molecule has 38 heavy (non-hydrogen) atoms. The summed E-state index contributed by atoms with van der Waals surface area (Å²) >= 11 is 0. The van der Waals surface area contributed by atoms with Crippen LogP contribution in [0.3, 0.4) is 0 Å². The molecule has 4 heterocycles. The number of amides is 1. The van der Waals surface area contributed by atoms with E-state index in [-0.39, 0.29) is 5.91 Å². The van der Waals surface area contributed by atoms with E-state index in [1.165, 1.54) is 0 Å². The molecule has 0 spiro atoms. The van der Waals surface area contributed by atoms with E-state index in [9.17, 15) is 4.79 Å². The number of carbonyl (C=O) groups excluding carboxylic acids is 1. The summed E-state index contributed by atoms with van der Waals surface area (Å²) in [5.74, 6) is 0.106. The molecular formula is C30H31N7O. The van der Waals surface area contributed by atoms with Crippen molar-refractivity contribution in [3.63, 3.8) is 0 Å². The van der Waals surface area contributed by atoms with E-state index in [1.54, 1.807) is 6.20 Å². The highest BCUT2D eigenvalue weighted by molar-refractivity contribution is 5.94. The van der Waals surface area contributed by atoms with Crippen LogP contribution in [0.25, 0.3) is 28.2 Å². The van der Waals surface area contributed by atoms with Crippen LogP contribution >= 0.6 is 0 Å². The summed E-state index contributed by atoms with van der Waals surface area (Å²) in [5.41, 5.74) is 5.74. The summed E-state index contributed by atoms with van der Waals surface area (Å²) in [4.78, 5) is 29.3. The summed E-state index contributed by atoms with van der Waals surface area (Å²) in [6.07, 6.45) is 7.63. The minimum absolute atomic E-state index is 0.106. The van der Waals surface area contributed by atoms with Crippen LogP contribution < -0.4 is 0 Å². The molecule has 8 heteroatoms. The van der Waals surface area contributed by atoms with Gasteiger partial charge in [-0.25, -0.2) is 4.98 Å². The Balaban J connectivity index is 1.14. The topological polar surface area (TPSA) is 80.8 Å². The molecule has 2 saturated heterocycles. The van der Waals surface area contributed by atoms with Crippen molar-refractivity contribution in [2.24, 2.45) is 0 Å². The van der Waals surface area contributed by atoms with E-state index >= 15 is 0 Å². The Hall–Kier alpha value is -4.06. The van der Waals surface area contributed by atoms with E-state index in [2.05, 4.69) is 32.9 Å². The van der Waals surface area contributed by atoms with Gasteiger partial charge < -0.3 is 9.80 Å². The molecule has 4 aromatic rings. The van der Waals surface area contributed by atoms with Crippen molar-refractivity contribution in [3.05, 3.63) is 78.2 Å². The lowest BCUT2D eigenvalue weighted by molar-refractivity contribution is 0.0519. The van der Waals surface area contributed by atoms with Crippen LogP contribution in [0.4, 0.5) is 0 Å². The van der Waals surface area contributed by atoms with Crippen LogP contribution in [0.2, 0.25) is 0 Å². The van der Waals surface area contributed by atoms with Gasteiger partial charge in [-0.15, -0.1) is 0 Å². The molecule has 2 fully saturated rings. The van der Waals surface area contributed by atoms with Gasteiger partial charge in [0.05, 0.1) is 35.4 Å². The molecule has 2 aromatic heterocycles. The predicted octanol–water partition coefficient (Wildman–Crippen LogP) is 3.79. The van der Waals surface area contributed by atoms with Crippen LogP contribution in [0.5, 0.6) is 0 Å². The number of carbonyl (C=O) groups is 1. The number of rotatable bonds is 4. The number of nitrogens with zero attached hydrogens (tertiary/aromatic N) is 7. The summed E-state index contributed by atoms with van der Waals surface area (Å²) in [6.45, 7) is 6.15. The zero-order valence-corrected chi connectivity index (χ0v) is 21.6. The number of likely N-dealkylation sites (tertiary alicyclic amines) is 1. The van der Waals surface area contributed by atoms with Crippen molar-refractivity contribution in [1.82, 2.24) is 29.1 Å². The second kappa shape index (κ2) is 10.4. The minimum Gasteiger partial charge on any atom is -0.339 e. The lowest BCUT2D eigenvalue weighted by Gasteiger charge is -2.42. The van der Waals surface area contributed by atoms with Gasteiger partial charge in [-0.05, 0) is 44.2 Å². The molecule has 6 rings (SSSR count). The first-order valence-corrected chi connectivity index (χ1v) is 13.2. The molecule has 2 aromatic carbocycles. The number of nitriles is 1. The summed E-state index contributed by atoms with van der Waals surface area (Å²) < 4.78 is 2.01. The smallest absolute Gasteiger partial charge is 0.253 e. The maximum atomic E-state index is 13.2. The summed E-state index contributed by atoms with van der Waals surface area (Å²) in [7, 11) is 2.19. The maximum absolute atomic E-state index is 13.2. The van der Waals surface area contributed by atoms with Crippen molar-refractivity contribution in [1.29, 1.82) is 5.26 Å². The zero-order valence-electron chi connectivity index (χ0n) is 21.6. The number of imidazole rings is 1. The Bertz CT molecular complexity index is 1470. The Kier molecular flexibility index (Phi) is 6.62. The van der Waals surface area contributed by atoms with Gasteiger partial charge in [-0.3, -0.25) is 19.1 Å². The highest BCUT2D eigenvalue weighted by Crippen LogP contribution is 2.25. The Morgan fingerprint density at radius 2 is 1.55 bits per heavy atom. The fourth-order valence-corrected chi connectivity index (χ4v) is 5.55. The third-order valence-corrected chi connectivity index (χ3v) is 7.94. The third-order valence-electron chi connectivity index (χ3n) is 7.94. The number of fused-ring (bicyclic) bond motifs is 1. The van der Waals surface area contributed by atoms with E-state index in [0.717, 1.165) is 80.3 Å². The quantitative estimate of drug-likeness (QED) is 0.420. The average molecular weight is 506 g/mol. The van der Waals surface area contributed by atoms with Gasteiger partial charge in [0.15, 0.2) is 5.65 Å². The first-order valence-electron chi connectivity index (χ1n) is 13.2. The zero-order chi connectivity index (χ0) is 26.1. The first-order chi connectivity index (χ1) is 18.6. The van der Waals surface area contributed by atoms with Crippen molar-refractivity contribution in [2.75, 3.05) is 46.3 Å². The van der Waals surface area contributed by atoms with Crippen LogP contribution in [0.1, 0.15) is 28.8 Å². The highest BCUT2D eigenvalue weighted by atomic mass is 16.2. The predicted molar refractivity (Wildman–Crippen MR) is 147 cm³/mol. The molecule has 2 aliphatic rings. The average Bonchev–Trinajstić information content (AvgIpc) is 3.41. The summed E-state index contributed by atoms with van der Waals surface area (Å²) in [5, 5.41) is 9.09. The number of hydrogen-bond donors (Lipinski definition) is 0. The van der Waals surface area contributed by atoms with Gasteiger partial charge in [-0.1, -0.05) is 24.3 Å². The van der Waals surface area contributed by atoms with Crippen LogP contribution in [-0.2, 0) is 0 Å². The van der Waals surface area contributed by atoms with E-state index in [0.29, 0.717) is 17.2 Å². The molecule has 0 unspecified atom stereocenters. The van der Waals surface area contributed by atoms with E-state index in [1.807, 2.05) is 70.2 Å². The monoisotopic (exact) mass is 505 g/mol. The number of hydrogen-bond acceptors (Lipinski definition) is 6. The normalized spacial score (nSPS) is 17.5. The third kappa shape index (κ3) is 4.78. The van der Waals surface area contributed by atoms with Gasteiger partial charge in [0, 0.05) is 68.2 Å². The summed E-state index contributed by atoms with van der Waals surface area (Å²) in [6, 6.07) is 18.0. The second-order valence-corrected chi connectivity index (χ2v) is 10.3. The number of likely N-dealkylation sites (N-methyl/N-ethyl adjacent to an activating group) is 1. The van der Waals surface area contributed by atoms with Gasteiger partial charge in [0.2, 0.25) is 0 Å². The Morgan fingerprint density at radius 1 is 0.868 bits per heavy atom. The van der Waals surface area contributed by atoms with Gasteiger partial charge in [-0.2, -0.15) is 5.26 Å². The molecule has 8 nitrogen and oxygen atoms in total. The molecule has 1 amide bonds. The molecule has 0 aliphatic carbocycles.